The topological polar surface area (TPSA) is 81.7 Å². The number of nitrogens with zero attached hydrogens (tertiary/aromatic N) is 1. The minimum atomic E-state index is -0.586. The summed E-state index contributed by atoms with van der Waals surface area (Å²) in [6, 6.07) is 15.5. The van der Waals surface area contributed by atoms with Crippen LogP contribution in [0.4, 0.5) is 5.69 Å². The standard InChI is InChI=1S/C24H27N3O3/c1-27-16-14-22(15-17-27)25-21-10-8-20(9-11-21)23(28)12-6-18-2-4-19(5-3-18)7-13-24(29)26-30/h2-13,22,25,30H,14-17H2,1H3,(H,26,29). The van der Waals surface area contributed by atoms with Crippen molar-refractivity contribution in [2.75, 3.05) is 25.5 Å². The first-order valence-electron chi connectivity index (χ1n) is 10.0. The highest BCUT2D eigenvalue weighted by Crippen LogP contribution is 2.17. The number of amides is 1. The van der Waals surface area contributed by atoms with E-state index >= 15 is 0 Å². The van der Waals surface area contributed by atoms with E-state index in [1.165, 1.54) is 6.08 Å². The number of piperidine rings is 1. The van der Waals surface area contributed by atoms with Crippen molar-refractivity contribution >= 4 is 29.5 Å². The van der Waals surface area contributed by atoms with Gasteiger partial charge in [0.05, 0.1) is 0 Å². The van der Waals surface area contributed by atoms with Crippen LogP contribution in [0.2, 0.25) is 0 Å². The number of ketones is 1. The fourth-order valence-electron chi connectivity index (χ4n) is 3.31. The third kappa shape index (κ3) is 6.40. The van der Waals surface area contributed by atoms with Gasteiger partial charge in [0.1, 0.15) is 0 Å². The van der Waals surface area contributed by atoms with Crippen LogP contribution < -0.4 is 10.8 Å². The molecule has 0 atom stereocenters. The summed E-state index contributed by atoms with van der Waals surface area (Å²) in [7, 11) is 2.15. The van der Waals surface area contributed by atoms with Gasteiger partial charge >= 0.3 is 0 Å². The molecule has 0 saturated carbocycles. The monoisotopic (exact) mass is 405 g/mol. The quantitative estimate of drug-likeness (QED) is 0.284. The predicted molar refractivity (Wildman–Crippen MR) is 119 cm³/mol. The molecule has 1 aliphatic rings. The molecule has 30 heavy (non-hydrogen) atoms. The average Bonchev–Trinajstić information content (AvgIpc) is 2.78. The Labute approximate surface area is 176 Å². The number of likely N-dealkylation sites (tertiary alicyclic amines) is 1. The lowest BCUT2D eigenvalue weighted by atomic mass is 10.0. The number of hydrogen-bond acceptors (Lipinski definition) is 5. The van der Waals surface area contributed by atoms with Crippen LogP contribution in [-0.2, 0) is 4.79 Å². The Morgan fingerprint density at radius 3 is 2.07 bits per heavy atom. The molecule has 1 aliphatic heterocycles. The van der Waals surface area contributed by atoms with Gasteiger partial charge in [0, 0.05) is 23.4 Å². The largest absolute Gasteiger partial charge is 0.382 e. The zero-order valence-electron chi connectivity index (χ0n) is 17.0. The van der Waals surface area contributed by atoms with E-state index in [4.69, 9.17) is 5.21 Å². The molecule has 156 valence electrons. The highest BCUT2D eigenvalue weighted by atomic mass is 16.5. The van der Waals surface area contributed by atoms with Crippen molar-refractivity contribution < 1.29 is 14.8 Å². The van der Waals surface area contributed by atoms with Gasteiger partial charge in [0.2, 0.25) is 0 Å². The normalized spacial score (nSPS) is 15.5. The molecule has 1 heterocycles. The third-order valence-corrected chi connectivity index (χ3v) is 5.16. The molecule has 2 aromatic carbocycles. The minimum absolute atomic E-state index is 0.0515. The van der Waals surface area contributed by atoms with Crippen LogP contribution in [0, 0.1) is 0 Å². The number of carbonyl (C=O) groups excluding carboxylic acids is 2. The van der Waals surface area contributed by atoms with Gasteiger partial charge < -0.3 is 10.2 Å². The summed E-state index contributed by atoms with van der Waals surface area (Å²) >= 11 is 0. The zero-order valence-corrected chi connectivity index (χ0v) is 17.0. The van der Waals surface area contributed by atoms with Crippen molar-refractivity contribution in [3.63, 3.8) is 0 Å². The number of nitrogens with one attached hydrogen (secondary N) is 2. The first-order chi connectivity index (χ1) is 14.5. The summed E-state index contributed by atoms with van der Waals surface area (Å²) in [5.41, 5.74) is 4.93. The Hall–Kier alpha value is -3.22. The zero-order chi connectivity index (χ0) is 21.3. The van der Waals surface area contributed by atoms with Gasteiger partial charge in [-0.15, -0.1) is 0 Å². The van der Waals surface area contributed by atoms with Crippen LogP contribution in [0.25, 0.3) is 12.2 Å². The second-order valence-electron chi connectivity index (χ2n) is 7.47. The first kappa shape index (κ1) is 21.5. The molecule has 0 bridgehead atoms. The van der Waals surface area contributed by atoms with Crippen LogP contribution in [0.3, 0.4) is 0 Å². The van der Waals surface area contributed by atoms with Gasteiger partial charge in [-0.05, 0) is 80.5 Å². The van der Waals surface area contributed by atoms with Crippen LogP contribution in [0.15, 0.2) is 60.7 Å². The van der Waals surface area contributed by atoms with Gasteiger partial charge in [-0.2, -0.15) is 0 Å². The average molecular weight is 405 g/mol. The lowest BCUT2D eigenvalue weighted by molar-refractivity contribution is -0.124. The van der Waals surface area contributed by atoms with Crippen molar-refractivity contribution in [1.29, 1.82) is 0 Å². The van der Waals surface area contributed by atoms with Crippen molar-refractivity contribution in [3.05, 3.63) is 77.4 Å². The van der Waals surface area contributed by atoms with Crippen molar-refractivity contribution in [2.45, 2.75) is 18.9 Å². The van der Waals surface area contributed by atoms with Gasteiger partial charge in [0.25, 0.3) is 5.91 Å². The Balaban J connectivity index is 1.54. The van der Waals surface area contributed by atoms with E-state index in [-0.39, 0.29) is 5.78 Å². The molecule has 3 rings (SSSR count). The smallest absolute Gasteiger partial charge is 0.267 e. The summed E-state index contributed by atoms with van der Waals surface area (Å²) in [5, 5.41) is 12.0. The minimum Gasteiger partial charge on any atom is -0.382 e. The molecule has 1 amide bonds. The first-order valence-corrected chi connectivity index (χ1v) is 10.0. The highest BCUT2D eigenvalue weighted by Gasteiger charge is 2.16. The summed E-state index contributed by atoms with van der Waals surface area (Å²) in [5.74, 6) is -0.637. The summed E-state index contributed by atoms with van der Waals surface area (Å²) in [6.07, 6.45) is 8.40. The molecule has 0 radical (unpaired) electrons. The van der Waals surface area contributed by atoms with Gasteiger partial charge in [0.15, 0.2) is 5.78 Å². The van der Waals surface area contributed by atoms with Crippen molar-refractivity contribution in [1.82, 2.24) is 10.4 Å². The Morgan fingerprint density at radius 1 is 0.933 bits per heavy atom. The predicted octanol–water partition coefficient (Wildman–Crippen LogP) is 3.61. The van der Waals surface area contributed by atoms with Gasteiger partial charge in [-0.25, -0.2) is 5.48 Å². The summed E-state index contributed by atoms with van der Waals surface area (Å²) < 4.78 is 0. The fourth-order valence-corrected chi connectivity index (χ4v) is 3.31. The molecule has 0 unspecified atom stereocenters. The van der Waals surface area contributed by atoms with E-state index in [2.05, 4.69) is 17.3 Å². The number of hydroxylamine groups is 1. The van der Waals surface area contributed by atoms with Crippen LogP contribution in [0.5, 0.6) is 0 Å². The van der Waals surface area contributed by atoms with E-state index in [0.29, 0.717) is 11.6 Å². The second kappa shape index (κ2) is 10.5. The molecule has 0 aliphatic carbocycles. The SMILES string of the molecule is CN1CCC(Nc2ccc(C(=O)C=Cc3ccc(C=CC(=O)NO)cc3)cc2)CC1. The number of anilines is 1. The number of allylic oxidation sites excluding steroid dienone is 1. The van der Waals surface area contributed by atoms with Crippen LogP contribution in [-0.4, -0.2) is 48.0 Å². The van der Waals surface area contributed by atoms with Crippen LogP contribution >= 0.6 is 0 Å². The van der Waals surface area contributed by atoms with E-state index in [9.17, 15) is 9.59 Å². The molecule has 1 saturated heterocycles. The molecule has 1 fully saturated rings. The Morgan fingerprint density at radius 2 is 1.50 bits per heavy atom. The van der Waals surface area contributed by atoms with E-state index in [0.717, 1.165) is 42.7 Å². The maximum absolute atomic E-state index is 12.4. The molecular weight excluding hydrogens is 378 g/mol. The lowest BCUT2D eigenvalue weighted by Gasteiger charge is -2.30. The number of carbonyl (C=O) groups is 2. The second-order valence-corrected chi connectivity index (χ2v) is 7.47. The van der Waals surface area contributed by atoms with E-state index in [1.807, 2.05) is 48.5 Å². The Kier molecular flexibility index (Phi) is 7.54. The number of rotatable bonds is 7. The molecule has 2 aromatic rings. The molecule has 0 aromatic heterocycles. The van der Waals surface area contributed by atoms with Gasteiger partial charge in [-0.3, -0.25) is 14.8 Å². The van der Waals surface area contributed by atoms with Gasteiger partial charge in [-0.1, -0.05) is 30.3 Å². The molecule has 6 nitrogen and oxygen atoms in total. The fraction of sp³-hybridized carbons (Fsp3) is 0.250. The molecule has 0 spiro atoms. The Bertz CT molecular complexity index is 910. The molecular formula is C24H27N3O3. The summed E-state index contributed by atoms with van der Waals surface area (Å²) in [6.45, 7) is 2.21. The lowest BCUT2D eigenvalue weighted by Crippen LogP contribution is -2.36. The maximum atomic E-state index is 12.4. The maximum Gasteiger partial charge on any atom is 0.267 e. The molecule has 3 N–H and O–H groups in total. The van der Waals surface area contributed by atoms with Crippen molar-refractivity contribution in [2.24, 2.45) is 0 Å². The highest BCUT2D eigenvalue weighted by molar-refractivity contribution is 6.07. The van der Waals surface area contributed by atoms with E-state index < -0.39 is 5.91 Å². The van der Waals surface area contributed by atoms with Crippen LogP contribution in [0.1, 0.15) is 34.3 Å². The van der Waals surface area contributed by atoms with Crippen molar-refractivity contribution in [3.8, 4) is 0 Å². The number of hydrogen-bond donors (Lipinski definition) is 3. The van der Waals surface area contributed by atoms with E-state index in [1.54, 1.807) is 23.7 Å². The summed E-state index contributed by atoms with van der Waals surface area (Å²) in [4.78, 5) is 25.8. The third-order valence-electron chi connectivity index (χ3n) is 5.16. The molecule has 6 heteroatoms. The number of benzene rings is 2.